The number of thiophene rings is 1. The van der Waals surface area contributed by atoms with E-state index < -0.39 is 0 Å². The molecule has 3 heterocycles. The molecule has 0 spiro atoms. The van der Waals surface area contributed by atoms with Crippen LogP contribution in [0.25, 0.3) is 32.6 Å². The molecule has 1 N–H and O–H groups in total. The summed E-state index contributed by atoms with van der Waals surface area (Å²) in [6, 6.07) is 22.4. The highest BCUT2D eigenvalue weighted by molar-refractivity contribution is 7.15. The molecule has 0 amide bonds. The number of methoxy groups -OCH3 is 1. The first kappa shape index (κ1) is 26.6. The predicted molar refractivity (Wildman–Crippen MR) is 161 cm³/mol. The van der Waals surface area contributed by atoms with Crippen LogP contribution in [0.4, 0.5) is 5.82 Å². The Morgan fingerprint density at radius 1 is 1.03 bits per heavy atom. The van der Waals surface area contributed by atoms with E-state index in [0.717, 1.165) is 23.2 Å². The highest BCUT2D eigenvalue weighted by Gasteiger charge is 2.18. The lowest BCUT2D eigenvalue weighted by Crippen LogP contribution is -2.21. The Morgan fingerprint density at radius 3 is 2.49 bits per heavy atom. The molecular weight excluding hydrogens is 506 g/mol. The van der Waals surface area contributed by atoms with E-state index in [9.17, 15) is 4.79 Å². The number of rotatable bonds is 8. The Kier molecular flexibility index (Phi) is 7.50. The van der Waals surface area contributed by atoms with Gasteiger partial charge in [-0.05, 0) is 75.0 Å². The molecule has 5 rings (SSSR count). The van der Waals surface area contributed by atoms with Crippen molar-refractivity contribution in [2.24, 2.45) is 7.05 Å². The zero-order valence-corrected chi connectivity index (χ0v) is 24.0. The zero-order chi connectivity index (χ0) is 27.7. The van der Waals surface area contributed by atoms with Crippen LogP contribution in [0.3, 0.4) is 0 Å². The molecule has 0 radical (unpaired) electrons. The Balaban J connectivity index is 1.51. The second-order valence-electron chi connectivity index (χ2n) is 9.97. The van der Waals surface area contributed by atoms with Gasteiger partial charge in [-0.3, -0.25) is 9.36 Å². The van der Waals surface area contributed by atoms with Crippen LogP contribution in [0.5, 0.6) is 5.75 Å². The number of aromatic nitrogens is 3. The molecule has 1 atom stereocenters. The quantitative estimate of drug-likeness (QED) is 0.250. The smallest absolute Gasteiger partial charge is 0.259 e. The SMILES string of the molecule is COc1ccc(-c2cc3c(N[C@H](C)c4ccc(-c5ccccc5CN(C)C)s4)nc(C)nc3n(C)c2=O)cc1. The van der Waals surface area contributed by atoms with E-state index in [2.05, 4.69) is 72.6 Å². The maximum atomic E-state index is 13.3. The molecule has 0 aliphatic heterocycles. The number of hydrogen-bond acceptors (Lipinski definition) is 7. The monoisotopic (exact) mass is 539 g/mol. The number of pyridine rings is 1. The summed E-state index contributed by atoms with van der Waals surface area (Å²) in [4.78, 5) is 27.3. The minimum absolute atomic E-state index is 0.00364. The number of anilines is 1. The molecule has 0 aliphatic rings. The van der Waals surface area contributed by atoms with Crippen LogP contribution >= 0.6 is 11.3 Å². The molecule has 0 unspecified atom stereocenters. The summed E-state index contributed by atoms with van der Waals surface area (Å²) >= 11 is 1.78. The molecule has 2 aromatic carbocycles. The van der Waals surface area contributed by atoms with Crippen LogP contribution in [0.15, 0.2) is 71.5 Å². The van der Waals surface area contributed by atoms with Gasteiger partial charge in [0.1, 0.15) is 23.0 Å². The molecule has 5 aromatic rings. The van der Waals surface area contributed by atoms with Gasteiger partial charge in [0.15, 0.2) is 0 Å². The van der Waals surface area contributed by atoms with E-state index in [1.165, 1.54) is 20.9 Å². The molecule has 0 fully saturated rings. The van der Waals surface area contributed by atoms with Crippen molar-refractivity contribution in [1.82, 2.24) is 19.4 Å². The van der Waals surface area contributed by atoms with E-state index in [1.807, 2.05) is 37.3 Å². The summed E-state index contributed by atoms with van der Waals surface area (Å²) in [6.45, 7) is 4.87. The van der Waals surface area contributed by atoms with Crippen LogP contribution in [0.2, 0.25) is 0 Å². The maximum absolute atomic E-state index is 13.3. The van der Waals surface area contributed by atoms with Gasteiger partial charge in [-0.2, -0.15) is 0 Å². The summed E-state index contributed by atoms with van der Waals surface area (Å²) in [5, 5.41) is 4.41. The van der Waals surface area contributed by atoms with Gasteiger partial charge < -0.3 is 15.0 Å². The molecular formula is C31H33N5O2S. The van der Waals surface area contributed by atoms with Crippen molar-refractivity contribution >= 4 is 28.2 Å². The van der Waals surface area contributed by atoms with Gasteiger partial charge in [0.25, 0.3) is 5.56 Å². The van der Waals surface area contributed by atoms with Gasteiger partial charge >= 0.3 is 0 Å². The topological polar surface area (TPSA) is 72.3 Å². The Bertz CT molecular complexity index is 1690. The Labute approximate surface area is 232 Å². The molecule has 0 saturated carbocycles. The minimum Gasteiger partial charge on any atom is -0.497 e. The summed E-state index contributed by atoms with van der Waals surface area (Å²) in [5.41, 5.74) is 4.47. The first-order valence-electron chi connectivity index (χ1n) is 12.9. The third kappa shape index (κ3) is 5.44. The number of benzene rings is 2. The highest BCUT2D eigenvalue weighted by atomic mass is 32.1. The first-order chi connectivity index (χ1) is 18.7. The van der Waals surface area contributed by atoms with Crippen molar-refractivity contribution in [3.8, 4) is 27.3 Å². The van der Waals surface area contributed by atoms with Crippen molar-refractivity contribution in [3.05, 3.63) is 93.3 Å². The van der Waals surface area contributed by atoms with E-state index >= 15 is 0 Å². The normalized spacial score (nSPS) is 12.2. The number of nitrogens with zero attached hydrogens (tertiary/aromatic N) is 4. The molecule has 0 aliphatic carbocycles. The molecule has 7 nitrogen and oxygen atoms in total. The van der Waals surface area contributed by atoms with Crippen LogP contribution < -0.4 is 15.6 Å². The molecule has 8 heteroatoms. The highest BCUT2D eigenvalue weighted by Crippen LogP contribution is 2.35. The average Bonchev–Trinajstić information content (AvgIpc) is 3.41. The summed E-state index contributed by atoms with van der Waals surface area (Å²) in [5.74, 6) is 2.05. The Hall–Kier alpha value is -4.01. The third-order valence-electron chi connectivity index (χ3n) is 6.76. The van der Waals surface area contributed by atoms with Crippen molar-refractivity contribution in [1.29, 1.82) is 0 Å². The third-order valence-corrected chi connectivity index (χ3v) is 8.06. The molecule has 200 valence electrons. The predicted octanol–water partition coefficient (Wildman–Crippen LogP) is 6.28. The number of ether oxygens (including phenoxy) is 1. The first-order valence-corrected chi connectivity index (χ1v) is 13.7. The van der Waals surface area contributed by atoms with Gasteiger partial charge in [0, 0.05) is 28.9 Å². The molecule has 0 saturated heterocycles. The van der Waals surface area contributed by atoms with Crippen molar-refractivity contribution in [2.75, 3.05) is 26.5 Å². The number of nitrogens with one attached hydrogen (secondary N) is 1. The van der Waals surface area contributed by atoms with Crippen LogP contribution in [-0.4, -0.2) is 40.6 Å². The van der Waals surface area contributed by atoms with E-state index in [-0.39, 0.29) is 11.6 Å². The minimum atomic E-state index is -0.107. The van der Waals surface area contributed by atoms with Gasteiger partial charge in [-0.25, -0.2) is 9.97 Å². The fourth-order valence-electron chi connectivity index (χ4n) is 4.77. The largest absolute Gasteiger partial charge is 0.497 e. The summed E-state index contributed by atoms with van der Waals surface area (Å²) < 4.78 is 6.89. The lowest BCUT2D eigenvalue weighted by atomic mass is 10.1. The van der Waals surface area contributed by atoms with Crippen LogP contribution in [0, 0.1) is 6.92 Å². The summed E-state index contributed by atoms with van der Waals surface area (Å²) in [7, 11) is 7.56. The number of hydrogen-bond donors (Lipinski definition) is 1. The Morgan fingerprint density at radius 2 is 1.77 bits per heavy atom. The van der Waals surface area contributed by atoms with Gasteiger partial charge in [-0.15, -0.1) is 11.3 Å². The van der Waals surface area contributed by atoms with Crippen molar-refractivity contribution < 1.29 is 4.74 Å². The van der Waals surface area contributed by atoms with Crippen LogP contribution in [-0.2, 0) is 13.6 Å². The molecule has 3 aromatic heterocycles. The van der Waals surface area contributed by atoms with E-state index in [4.69, 9.17) is 9.72 Å². The van der Waals surface area contributed by atoms with E-state index in [1.54, 1.807) is 30.1 Å². The standard InChI is InChI=1S/C31H33N5O2S/c1-19(27-15-16-28(39-27)24-10-8-7-9-22(24)18-35(3)4)32-29-26-17-25(21-11-13-23(38-6)14-12-21)31(37)36(5)30(26)34-20(2)33-29/h7-17,19H,18H2,1-6H3,(H,32,33,34)/t19-/m1/s1. The van der Waals surface area contributed by atoms with Crippen molar-refractivity contribution in [2.45, 2.75) is 26.4 Å². The zero-order valence-electron chi connectivity index (χ0n) is 23.1. The summed E-state index contributed by atoms with van der Waals surface area (Å²) in [6.07, 6.45) is 0. The fourth-order valence-corrected chi connectivity index (χ4v) is 5.84. The second-order valence-corrected chi connectivity index (χ2v) is 11.1. The maximum Gasteiger partial charge on any atom is 0.259 e. The van der Waals surface area contributed by atoms with E-state index in [0.29, 0.717) is 22.9 Å². The molecule has 0 bridgehead atoms. The fraction of sp³-hybridized carbons (Fsp3) is 0.258. The van der Waals surface area contributed by atoms with Gasteiger partial charge in [0.2, 0.25) is 0 Å². The number of aryl methyl sites for hydroxylation is 2. The van der Waals surface area contributed by atoms with Crippen LogP contribution in [0.1, 0.15) is 29.2 Å². The second kappa shape index (κ2) is 11.0. The van der Waals surface area contributed by atoms with Gasteiger partial charge in [-0.1, -0.05) is 36.4 Å². The lowest BCUT2D eigenvalue weighted by molar-refractivity contribution is 0.403. The van der Waals surface area contributed by atoms with Gasteiger partial charge in [0.05, 0.1) is 18.5 Å². The van der Waals surface area contributed by atoms with Crippen molar-refractivity contribution in [3.63, 3.8) is 0 Å². The number of fused-ring (bicyclic) bond motifs is 1. The lowest BCUT2D eigenvalue weighted by Gasteiger charge is -2.17. The average molecular weight is 540 g/mol. The molecule has 39 heavy (non-hydrogen) atoms.